The number of benzene rings is 2. The predicted octanol–water partition coefficient (Wildman–Crippen LogP) is 5.91. The smallest absolute Gasteiger partial charge is 0.0488 e. The lowest BCUT2D eigenvalue weighted by Crippen LogP contribution is -2.08. The first-order valence-corrected chi connectivity index (χ1v) is 10.0. The van der Waals surface area contributed by atoms with E-state index in [1.165, 1.54) is 47.0 Å². The molecule has 138 valence electrons. The molecule has 0 aliphatic heterocycles. The van der Waals surface area contributed by atoms with Crippen molar-refractivity contribution in [2.24, 2.45) is 0 Å². The van der Waals surface area contributed by atoms with Gasteiger partial charge in [0.05, 0.1) is 0 Å². The molecule has 2 aromatic carbocycles. The SMILES string of the molecule is CCCC[C@H](C)c1c(CCCO)n(Cc2ccccc2)c2ccccc12. The average molecular weight is 350 g/mol. The highest BCUT2D eigenvalue weighted by atomic mass is 16.2. The van der Waals surface area contributed by atoms with Gasteiger partial charge in [-0.05, 0) is 42.4 Å². The minimum Gasteiger partial charge on any atom is -0.396 e. The number of aliphatic hydroxyl groups excluding tert-OH is 1. The van der Waals surface area contributed by atoms with Crippen molar-refractivity contribution in [3.05, 3.63) is 71.4 Å². The van der Waals surface area contributed by atoms with E-state index >= 15 is 0 Å². The van der Waals surface area contributed by atoms with E-state index in [1.807, 2.05) is 0 Å². The van der Waals surface area contributed by atoms with Crippen LogP contribution in [0.15, 0.2) is 54.6 Å². The molecule has 0 saturated carbocycles. The second-order valence-electron chi connectivity index (χ2n) is 7.32. The van der Waals surface area contributed by atoms with Gasteiger partial charge in [0.15, 0.2) is 0 Å². The molecule has 2 nitrogen and oxygen atoms in total. The van der Waals surface area contributed by atoms with Crippen molar-refractivity contribution >= 4 is 10.9 Å². The molecular formula is C24H31NO. The first-order chi connectivity index (χ1) is 12.8. The molecule has 0 aliphatic carbocycles. The third kappa shape index (κ3) is 4.02. The van der Waals surface area contributed by atoms with Crippen molar-refractivity contribution < 1.29 is 5.11 Å². The molecule has 2 heteroatoms. The molecule has 1 aromatic heterocycles. The average Bonchev–Trinajstić information content (AvgIpc) is 2.99. The highest BCUT2D eigenvalue weighted by Crippen LogP contribution is 2.35. The molecule has 1 heterocycles. The molecule has 26 heavy (non-hydrogen) atoms. The van der Waals surface area contributed by atoms with Gasteiger partial charge in [-0.3, -0.25) is 0 Å². The Kier molecular flexibility index (Phi) is 6.51. The zero-order valence-corrected chi connectivity index (χ0v) is 16.1. The largest absolute Gasteiger partial charge is 0.396 e. The van der Waals surface area contributed by atoms with E-state index in [1.54, 1.807) is 0 Å². The summed E-state index contributed by atoms with van der Waals surface area (Å²) in [6.07, 6.45) is 5.47. The summed E-state index contributed by atoms with van der Waals surface area (Å²) < 4.78 is 2.48. The molecular weight excluding hydrogens is 318 g/mol. The van der Waals surface area contributed by atoms with Gasteiger partial charge in [-0.1, -0.05) is 75.2 Å². The van der Waals surface area contributed by atoms with E-state index in [4.69, 9.17) is 0 Å². The molecule has 0 aliphatic rings. The quantitative estimate of drug-likeness (QED) is 0.510. The second-order valence-corrected chi connectivity index (χ2v) is 7.32. The van der Waals surface area contributed by atoms with E-state index in [2.05, 4.69) is 73.0 Å². The molecule has 0 fully saturated rings. The van der Waals surface area contributed by atoms with Crippen LogP contribution in [0.25, 0.3) is 10.9 Å². The molecule has 3 aromatic rings. The number of unbranched alkanes of at least 4 members (excludes halogenated alkanes) is 1. The summed E-state index contributed by atoms with van der Waals surface area (Å²) in [7, 11) is 0. The first-order valence-electron chi connectivity index (χ1n) is 10.0. The molecule has 0 spiro atoms. The van der Waals surface area contributed by atoms with Crippen LogP contribution in [0.2, 0.25) is 0 Å². The summed E-state index contributed by atoms with van der Waals surface area (Å²) in [6.45, 7) is 5.77. The predicted molar refractivity (Wildman–Crippen MR) is 111 cm³/mol. The minimum atomic E-state index is 0.246. The molecule has 0 bridgehead atoms. The number of nitrogens with zero attached hydrogens (tertiary/aromatic N) is 1. The van der Waals surface area contributed by atoms with Crippen molar-refractivity contribution in [3.63, 3.8) is 0 Å². The Hall–Kier alpha value is -2.06. The van der Waals surface area contributed by atoms with Crippen molar-refractivity contribution in [2.45, 2.75) is 58.4 Å². The number of para-hydroxylation sites is 1. The summed E-state index contributed by atoms with van der Waals surface area (Å²) in [5.41, 5.74) is 5.56. The third-order valence-corrected chi connectivity index (χ3v) is 5.36. The Labute approximate surface area is 157 Å². The van der Waals surface area contributed by atoms with Gasteiger partial charge in [0.2, 0.25) is 0 Å². The van der Waals surface area contributed by atoms with Crippen LogP contribution in [0.1, 0.15) is 62.3 Å². The lowest BCUT2D eigenvalue weighted by atomic mass is 9.91. The highest BCUT2D eigenvalue weighted by molar-refractivity contribution is 5.86. The Bertz CT molecular complexity index is 819. The Balaban J connectivity index is 2.11. The van der Waals surface area contributed by atoms with Gasteiger partial charge < -0.3 is 9.67 Å². The Morgan fingerprint density at radius 2 is 1.69 bits per heavy atom. The fourth-order valence-corrected chi connectivity index (χ4v) is 4.05. The topological polar surface area (TPSA) is 25.2 Å². The van der Waals surface area contributed by atoms with Crippen LogP contribution >= 0.6 is 0 Å². The fraction of sp³-hybridized carbons (Fsp3) is 0.417. The monoisotopic (exact) mass is 349 g/mol. The number of fused-ring (bicyclic) bond motifs is 1. The van der Waals surface area contributed by atoms with Crippen molar-refractivity contribution in [1.82, 2.24) is 4.57 Å². The van der Waals surface area contributed by atoms with E-state index in [0.717, 1.165) is 19.4 Å². The van der Waals surface area contributed by atoms with Gasteiger partial charge in [-0.2, -0.15) is 0 Å². The van der Waals surface area contributed by atoms with E-state index in [-0.39, 0.29) is 6.61 Å². The zero-order valence-electron chi connectivity index (χ0n) is 16.1. The maximum absolute atomic E-state index is 9.44. The van der Waals surface area contributed by atoms with Crippen LogP contribution in [0.3, 0.4) is 0 Å². The lowest BCUT2D eigenvalue weighted by molar-refractivity contribution is 0.287. The summed E-state index contributed by atoms with van der Waals surface area (Å²) >= 11 is 0. The van der Waals surface area contributed by atoms with Crippen LogP contribution in [-0.4, -0.2) is 16.3 Å². The highest BCUT2D eigenvalue weighted by Gasteiger charge is 2.20. The molecule has 0 saturated heterocycles. The molecule has 3 rings (SSSR count). The van der Waals surface area contributed by atoms with Crippen LogP contribution in [0, 0.1) is 0 Å². The minimum absolute atomic E-state index is 0.246. The molecule has 0 unspecified atom stereocenters. The van der Waals surface area contributed by atoms with Gasteiger partial charge in [-0.25, -0.2) is 0 Å². The van der Waals surface area contributed by atoms with Crippen LogP contribution < -0.4 is 0 Å². The van der Waals surface area contributed by atoms with Gasteiger partial charge in [0.1, 0.15) is 0 Å². The Morgan fingerprint density at radius 3 is 2.42 bits per heavy atom. The summed E-state index contributed by atoms with van der Waals surface area (Å²) in [5, 5.41) is 10.8. The van der Waals surface area contributed by atoms with Gasteiger partial charge in [-0.15, -0.1) is 0 Å². The third-order valence-electron chi connectivity index (χ3n) is 5.36. The lowest BCUT2D eigenvalue weighted by Gasteiger charge is -2.16. The van der Waals surface area contributed by atoms with Crippen LogP contribution in [0.4, 0.5) is 0 Å². The number of rotatable bonds is 9. The summed E-state index contributed by atoms with van der Waals surface area (Å²) in [4.78, 5) is 0. The summed E-state index contributed by atoms with van der Waals surface area (Å²) in [6, 6.07) is 19.5. The van der Waals surface area contributed by atoms with Crippen molar-refractivity contribution in [3.8, 4) is 0 Å². The molecule has 1 atom stereocenters. The van der Waals surface area contributed by atoms with Gasteiger partial charge >= 0.3 is 0 Å². The number of hydrogen-bond acceptors (Lipinski definition) is 1. The van der Waals surface area contributed by atoms with E-state index in [9.17, 15) is 5.11 Å². The van der Waals surface area contributed by atoms with Crippen molar-refractivity contribution in [2.75, 3.05) is 6.61 Å². The Morgan fingerprint density at radius 1 is 0.962 bits per heavy atom. The number of hydrogen-bond donors (Lipinski definition) is 1. The zero-order chi connectivity index (χ0) is 18.4. The number of aliphatic hydroxyl groups is 1. The maximum Gasteiger partial charge on any atom is 0.0488 e. The number of aromatic nitrogens is 1. The summed E-state index contributed by atoms with van der Waals surface area (Å²) in [5.74, 6) is 0.547. The van der Waals surface area contributed by atoms with Crippen LogP contribution in [-0.2, 0) is 13.0 Å². The molecule has 1 N–H and O–H groups in total. The maximum atomic E-state index is 9.44. The van der Waals surface area contributed by atoms with Gasteiger partial charge in [0.25, 0.3) is 0 Å². The molecule has 0 amide bonds. The fourth-order valence-electron chi connectivity index (χ4n) is 4.05. The first kappa shape index (κ1) is 18.7. The van der Waals surface area contributed by atoms with Crippen molar-refractivity contribution in [1.29, 1.82) is 0 Å². The van der Waals surface area contributed by atoms with Crippen LogP contribution in [0.5, 0.6) is 0 Å². The van der Waals surface area contributed by atoms with E-state index in [0.29, 0.717) is 5.92 Å². The van der Waals surface area contributed by atoms with E-state index < -0.39 is 0 Å². The normalized spacial score (nSPS) is 12.6. The second kappa shape index (κ2) is 9.05. The molecule has 0 radical (unpaired) electrons. The standard InChI is InChI=1S/C24H31NO/c1-3-4-11-19(2)24-21-14-8-9-15-22(21)25(23(24)16-10-17-26)18-20-12-6-5-7-13-20/h5-9,12-15,19,26H,3-4,10-11,16-18H2,1-2H3/t19-/m0/s1. The van der Waals surface area contributed by atoms with Gasteiger partial charge in [0, 0.05) is 29.7 Å².